The van der Waals surface area contributed by atoms with E-state index in [1.54, 1.807) is 6.92 Å². The van der Waals surface area contributed by atoms with Crippen molar-refractivity contribution in [3.05, 3.63) is 35.0 Å². The number of carbonyl (C=O) groups is 1. The molecule has 0 rings (SSSR count). The van der Waals surface area contributed by atoms with Gasteiger partial charge in [0.25, 0.3) is 0 Å². The van der Waals surface area contributed by atoms with Crippen molar-refractivity contribution in [3.8, 4) is 0 Å². The van der Waals surface area contributed by atoms with Crippen LogP contribution in [0, 0.1) is 5.41 Å². The summed E-state index contributed by atoms with van der Waals surface area (Å²) in [4.78, 5) is 11.0. The number of allylic oxidation sites excluding steroid dienone is 3. The van der Waals surface area contributed by atoms with E-state index < -0.39 is 0 Å². The highest BCUT2D eigenvalue weighted by atomic mass is 127. The van der Waals surface area contributed by atoms with E-state index in [9.17, 15) is 4.79 Å². The molecule has 0 N–H and O–H groups in total. The molecule has 0 saturated carbocycles. The van der Waals surface area contributed by atoms with Crippen LogP contribution >= 0.6 is 22.6 Å². The predicted molar refractivity (Wildman–Crippen MR) is 71.9 cm³/mol. The highest BCUT2D eigenvalue weighted by Gasteiger charge is 2.13. The van der Waals surface area contributed by atoms with Crippen molar-refractivity contribution in [1.29, 1.82) is 0 Å². The van der Waals surface area contributed by atoms with E-state index in [1.165, 1.54) is 6.08 Å². The fourth-order valence-electron chi connectivity index (χ4n) is 0.963. The minimum Gasteiger partial charge on any atom is -0.463 e. The van der Waals surface area contributed by atoms with E-state index in [1.807, 2.05) is 16.2 Å². The number of carbonyl (C=O) groups excluding carboxylic acids is 1. The van der Waals surface area contributed by atoms with Crippen LogP contribution in [0.4, 0.5) is 0 Å². The van der Waals surface area contributed by atoms with E-state index in [4.69, 9.17) is 4.74 Å². The van der Waals surface area contributed by atoms with Gasteiger partial charge in [-0.3, -0.25) is 0 Å². The highest BCUT2D eigenvalue weighted by Crippen LogP contribution is 2.25. The molecule has 0 aromatic rings. The molecule has 0 aromatic heterocycles. The zero-order valence-corrected chi connectivity index (χ0v) is 11.4. The molecule has 2 nitrogen and oxygen atoms in total. The standard InChI is InChI=1S/C12H17IO2/c1-4-12(3,9-10-13)8-6-7-11(14)15-5-2/h4,6-7,9-10H,1,5,8H2,2-3H3/b7-6+,10-9+. The lowest BCUT2D eigenvalue weighted by Crippen LogP contribution is -2.07. The zero-order chi connectivity index (χ0) is 11.7. The molecule has 0 saturated heterocycles. The Morgan fingerprint density at radius 3 is 2.73 bits per heavy atom. The van der Waals surface area contributed by atoms with Gasteiger partial charge < -0.3 is 4.74 Å². The molecule has 0 fully saturated rings. The highest BCUT2D eigenvalue weighted by molar-refractivity contribution is 14.1. The number of hydrogen-bond acceptors (Lipinski definition) is 2. The molecule has 0 radical (unpaired) electrons. The van der Waals surface area contributed by atoms with E-state index in [0.29, 0.717) is 6.61 Å². The van der Waals surface area contributed by atoms with E-state index >= 15 is 0 Å². The first-order valence-corrected chi connectivity index (χ1v) is 6.07. The maximum absolute atomic E-state index is 11.0. The van der Waals surface area contributed by atoms with Gasteiger partial charge in [0.15, 0.2) is 0 Å². The Bertz CT molecular complexity index is 269. The molecule has 0 amide bonds. The van der Waals surface area contributed by atoms with Crippen molar-refractivity contribution in [2.24, 2.45) is 5.41 Å². The van der Waals surface area contributed by atoms with E-state index in [-0.39, 0.29) is 11.4 Å². The molecule has 0 aliphatic heterocycles. The lowest BCUT2D eigenvalue weighted by atomic mass is 9.87. The first-order valence-electron chi connectivity index (χ1n) is 4.82. The molecule has 0 heterocycles. The Labute approximate surface area is 105 Å². The van der Waals surface area contributed by atoms with Crippen LogP contribution in [0.15, 0.2) is 35.0 Å². The second-order valence-electron chi connectivity index (χ2n) is 3.36. The topological polar surface area (TPSA) is 26.3 Å². The summed E-state index contributed by atoms with van der Waals surface area (Å²) in [5.41, 5.74) is -0.0931. The van der Waals surface area contributed by atoms with Gasteiger partial charge >= 0.3 is 5.97 Å². The summed E-state index contributed by atoms with van der Waals surface area (Å²) in [6.45, 7) is 8.04. The molecule has 0 aromatic carbocycles. The third-order valence-electron chi connectivity index (χ3n) is 2.01. The largest absolute Gasteiger partial charge is 0.463 e. The van der Waals surface area contributed by atoms with Gasteiger partial charge in [-0.2, -0.15) is 0 Å². The van der Waals surface area contributed by atoms with Gasteiger partial charge in [0, 0.05) is 11.5 Å². The number of hydrogen-bond donors (Lipinski definition) is 0. The van der Waals surface area contributed by atoms with Crippen LogP contribution in [0.2, 0.25) is 0 Å². The summed E-state index contributed by atoms with van der Waals surface area (Å²) in [6, 6.07) is 0. The quantitative estimate of drug-likeness (QED) is 0.323. The normalized spacial score (nSPS) is 15.4. The molecule has 0 bridgehead atoms. The van der Waals surface area contributed by atoms with E-state index in [0.717, 1.165) is 6.42 Å². The van der Waals surface area contributed by atoms with Gasteiger partial charge in [0.2, 0.25) is 0 Å². The van der Waals surface area contributed by atoms with Gasteiger partial charge in [0.05, 0.1) is 6.61 Å². The Morgan fingerprint density at radius 1 is 1.60 bits per heavy atom. The van der Waals surface area contributed by atoms with Crippen molar-refractivity contribution < 1.29 is 9.53 Å². The van der Waals surface area contributed by atoms with Crippen molar-refractivity contribution in [3.63, 3.8) is 0 Å². The molecule has 3 heteroatoms. The van der Waals surface area contributed by atoms with Crippen molar-refractivity contribution >= 4 is 28.6 Å². The molecule has 84 valence electrons. The molecule has 1 atom stereocenters. The number of halogens is 1. The van der Waals surface area contributed by atoms with Gasteiger partial charge in [-0.25, -0.2) is 4.79 Å². The third kappa shape index (κ3) is 6.49. The number of ether oxygens (including phenoxy) is 1. The second-order valence-corrected chi connectivity index (χ2v) is 4.08. The van der Waals surface area contributed by atoms with Crippen LogP contribution in [-0.2, 0) is 9.53 Å². The monoisotopic (exact) mass is 320 g/mol. The van der Waals surface area contributed by atoms with Gasteiger partial charge in [-0.1, -0.05) is 47.7 Å². The molecule has 1 unspecified atom stereocenters. The van der Waals surface area contributed by atoms with Crippen molar-refractivity contribution in [2.45, 2.75) is 20.3 Å². The minimum absolute atomic E-state index is 0.0931. The summed E-state index contributed by atoms with van der Waals surface area (Å²) in [5, 5.41) is 0. The van der Waals surface area contributed by atoms with Crippen LogP contribution in [0.5, 0.6) is 0 Å². The lowest BCUT2D eigenvalue weighted by molar-refractivity contribution is -0.137. The zero-order valence-electron chi connectivity index (χ0n) is 9.20. The van der Waals surface area contributed by atoms with Crippen molar-refractivity contribution in [2.75, 3.05) is 6.61 Å². The summed E-state index contributed by atoms with van der Waals surface area (Å²) < 4.78 is 6.74. The number of rotatable bonds is 6. The first kappa shape index (κ1) is 14.4. The number of esters is 1. The molecule has 15 heavy (non-hydrogen) atoms. The van der Waals surface area contributed by atoms with Crippen LogP contribution in [0.3, 0.4) is 0 Å². The van der Waals surface area contributed by atoms with Gasteiger partial charge in [0.1, 0.15) is 0 Å². The Balaban J connectivity index is 4.22. The lowest BCUT2D eigenvalue weighted by Gasteiger charge is -2.18. The summed E-state index contributed by atoms with van der Waals surface area (Å²) in [5.74, 6) is -0.289. The summed E-state index contributed by atoms with van der Waals surface area (Å²) >= 11 is 2.17. The molecule has 0 spiro atoms. The van der Waals surface area contributed by atoms with Crippen LogP contribution in [0.1, 0.15) is 20.3 Å². The smallest absolute Gasteiger partial charge is 0.330 e. The van der Waals surface area contributed by atoms with Crippen molar-refractivity contribution in [1.82, 2.24) is 0 Å². The molecular formula is C12H17IO2. The van der Waals surface area contributed by atoms with Gasteiger partial charge in [-0.05, 0) is 17.4 Å². The van der Waals surface area contributed by atoms with Gasteiger partial charge in [-0.15, -0.1) is 6.58 Å². The third-order valence-corrected chi connectivity index (χ3v) is 2.37. The van der Waals surface area contributed by atoms with E-state index in [2.05, 4.69) is 42.2 Å². The average molecular weight is 320 g/mol. The fraction of sp³-hybridized carbons (Fsp3) is 0.417. The second kappa shape index (κ2) is 7.68. The SMILES string of the molecule is C=CC(C)(/C=C/I)C/C=C/C(=O)OCC. The molecule has 0 aliphatic rings. The maximum atomic E-state index is 11.0. The van der Waals surface area contributed by atoms with Crippen LogP contribution < -0.4 is 0 Å². The minimum atomic E-state index is -0.289. The maximum Gasteiger partial charge on any atom is 0.330 e. The molecular weight excluding hydrogens is 303 g/mol. The Hall–Kier alpha value is -0.580. The summed E-state index contributed by atoms with van der Waals surface area (Å²) in [7, 11) is 0. The Kier molecular flexibility index (Phi) is 7.38. The summed E-state index contributed by atoms with van der Waals surface area (Å²) in [6.07, 6.45) is 7.95. The predicted octanol–water partition coefficient (Wildman–Crippen LogP) is 3.64. The van der Waals surface area contributed by atoms with Crippen LogP contribution in [0.25, 0.3) is 0 Å². The first-order chi connectivity index (χ1) is 7.08. The van der Waals surface area contributed by atoms with Crippen LogP contribution in [-0.4, -0.2) is 12.6 Å². The fourth-order valence-corrected chi connectivity index (χ4v) is 1.78. The molecule has 0 aliphatic carbocycles. The average Bonchev–Trinajstić information content (AvgIpc) is 2.18. The Morgan fingerprint density at radius 2 is 2.27 bits per heavy atom.